The Morgan fingerprint density at radius 1 is 1.33 bits per heavy atom. The van der Waals surface area contributed by atoms with Crippen molar-refractivity contribution in [3.05, 3.63) is 16.5 Å². The Morgan fingerprint density at radius 2 is 2.05 bits per heavy atom. The van der Waals surface area contributed by atoms with E-state index in [4.69, 9.17) is 5.11 Å². The molecule has 116 valence electrons. The number of nitrogens with zero attached hydrogens (tertiary/aromatic N) is 1. The van der Waals surface area contributed by atoms with Gasteiger partial charge in [0.05, 0.1) is 0 Å². The van der Waals surface area contributed by atoms with Crippen LogP contribution >= 0.6 is 11.3 Å². The van der Waals surface area contributed by atoms with E-state index in [1.807, 2.05) is 0 Å². The second-order valence-electron chi connectivity index (χ2n) is 5.90. The Bertz CT molecular complexity index is 665. The van der Waals surface area contributed by atoms with E-state index in [1.54, 1.807) is 11.2 Å². The zero-order valence-corrected chi connectivity index (χ0v) is 13.5. The van der Waals surface area contributed by atoms with Gasteiger partial charge in [-0.05, 0) is 50.2 Å². The van der Waals surface area contributed by atoms with E-state index in [2.05, 4.69) is 0 Å². The van der Waals surface area contributed by atoms with Crippen LogP contribution in [0.4, 0.5) is 0 Å². The van der Waals surface area contributed by atoms with Crippen LogP contribution in [0.15, 0.2) is 10.3 Å². The fourth-order valence-corrected chi connectivity index (χ4v) is 6.88. The quantitative estimate of drug-likeness (QED) is 0.925. The first-order valence-corrected chi connectivity index (χ1v) is 9.52. The molecule has 0 radical (unpaired) electrons. The smallest absolute Gasteiger partial charge is 0.346 e. The van der Waals surface area contributed by atoms with E-state index < -0.39 is 16.0 Å². The molecule has 21 heavy (non-hydrogen) atoms. The Kier molecular flexibility index (Phi) is 3.83. The molecule has 2 heterocycles. The third-order valence-corrected chi connectivity index (χ3v) is 8.19. The van der Waals surface area contributed by atoms with Crippen LogP contribution in [0.3, 0.4) is 0 Å². The molecule has 0 spiro atoms. The first-order chi connectivity index (χ1) is 9.91. The van der Waals surface area contributed by atoms with Crippen LogP contribution in [-0.2, 0) is 10.0 Å². The summed E-state index contributed by atoms with van der Waals surface area (Å²) in [5, 5.41) is 9.11. The lowest BCUT2D eigenvalue weighted by Crippen LogP contribution is -2.45. The van der Waals surface area contributed by atoms with Gasteiger partial charge in [-0.15, -0.1) is 11.3 Å². The maximum absolute atomic E-state index is 12.9. The average Bonchev–Trinajstić information content (AvgIpc) is 3.03. The molecule has 2 aliphatic rings. The molecule has 2 atom stereocenters. The first-order valence-electron chi connectivity index (χ1n) is 7.27. The van der Waals surface area contributed by atoms with Crippen LogP contribution in [0.1, 0.15) is 47.3 Å². The SMILES string of the molecule is Cc1cc(S(=O)(=O)N2CCCC3CCCC32)sc1C(=O)O. The largest absolute Gasteiger partial charge is 0.477 e. The van der Waals surface area contributed by atoms with Gasteiger partial charge >= 0.3 is 5.97 Å². The number of carboxylic acids is 1. The number of hydrogen-bond donors (Lipinski definition) is 1. The molecule has 5 nitrogen and oxygen atoms in total. The molecule has 1 saturated heterocycles. The summed E-state index contributed by atoms with van der Waals surface area (Å²) in [6.45, 7) is 2.20. The highest BCUT2D eigenvalue weighted by Crippen LogP contribution is 2.40. The fourth-order valence-electron chi connectivity index (χ4n) is 3.61. The highest BCUT2D eigenvalue weighted by atomic mass is 32.2. The van der Waals surface area contributed by atoms with Gasteiger partial charge in [0.1, 0.15) is 9.09 Å². The minimum atomic E-state index is -3.56. The summed E-state index contributed by atoms with van der Waals surface area (Å²) in [5.41, 5.74) is 0.519. The Labute approximate surface area is 128 Å². The number of thiophene rings is 1. The van der Waals surface area contributed by atoms with E-state index in [0.29, 0.717) is 18.0 Å². The van der Waals surface area contributed by atoms with Gasteiger partial charge in [-0.3, -0.25) is 0 Å². The minimum absolute atomic E-state index is 0.111. The highest BCUT2D eigenvalue weighted by molar-refractivity contribution is 7.91. The molecule has 2 fully saturated rings. The Morgan fingerprint density at radius 3 is 2.71 bits per heavy atom. The van der Waals surface area contributed by atoms with E-state index in [0.717, 1.165) is 43.4 Å². The van der Waals surface area contributed by atoms with Gasteiger partial charge < -0.3 is 5.11 Å². The Balaban J connectivity index is 1.96. The lowest BCUT2D eigenvalue weighted by atomic mass is 9.94. The number of sulfonamides is 1. The van der Waals surface area contributed by atoms with Gasteiger partial charge in [-0.1, -0.05) is 6.42 Å². The van der Waals surface area contributed by atoms with Crippen LogP contribution in [0.25, 0.3) is 0 Å². The fraction of sp³-hybridized carbons (Fsp3) is 0.643. The molecule has 0 bridgehead atoms. The molecule has 0 aromatic carbocycles. The molecule has 1 aromatic rings. The lowest BCUT2D eigenvalue weighted by Gasteiger charge is -2.36. The third kappa shape index (κ3) is 2.51. The van der Waals surface area contributed by atoms with E-state index in [-0.39, 0.29) is 15.1 Å². The topological polar surface area (TPSA) is 74.7 Å². The normalized spacial score (nSPS) is 26.7. The van der Waals surface area contributed by atoms with Crippen LogP contribution in [-0.4, -0.2) is 36.4 Å². The molecule has 7 heteroatoms. The van der Waals surface area contributed by atoms with E-state index >= 15 is 0 Å². The highest BCUT2D eigenvalue weighted by Gasteiger charge is 2.42. The molecular formula is C14H19NO4S2. The average molecular weight is 329 g/mol. The number of piperidine rings is 1. The van der Waals surface area contributed by atoms with Crippen molar-refractivity contribution in [2.75, 3.05) is 6.54 Å². The van der Waals surface area contributed by atoms with E-state index in [9.17, 15) is 13.2 Å². The summed E-state index contributed by atoms with van der Waals surface area (Å²) in [7, 11) is -3.56. The van der Waals surface area contributed by atoms with Crippen LogP contribution < -0.4 is 0 Å². The molecule has 1 saturated carbocycles. The number of fused-ring (bicyclic) bond motifs is 1. The minimum Gasteiger partial charge on any atom is -0.477 e. The van der Waals surface area contributed by atoms with Gasteiger partial charge in [0.25, 0.3) is 10.0 Å². The van der Waals surface area contributed by atoms with Gasteiger partial charge in [0.2, 0.25) is 0 Å². The van der Waals surface area contributed by atoms with Crippen molar-refractivity contribution in [1.29, 1.82) is 0 Å². The van der Waals surface area contributed by atoms with Gasteiger partial charge in [-0.2, -0.15) is 4.31 Å². The zero-order valence-electron chi connectivity index (χ0n) is 11.9. The maximum atomic E-state index is 12.9. The monoisotopic (exact) mass is 329 g/mol. The second kappa shape index (κ2) is 5.37. The van der Waals surface area contributed by atoms with Crippen molar-refractivity contribution >= 4 is 27.3 Å². The summed E-state index contributed by atoms with van der Waals surface area (Å²) in [6.07, 6.45) is 5.14. The molecule has 3 rings (SSSR count). The van der Waals surface area contributed by atoms with Crippen LogP contribution in [0, 0.1) is 12.8 Å². The van der Waals surface area contributed by atoms with Crippen molar-refractivity contribution in [3.63, 3.8) is 0 Å². The molecule has 1 aliphatic heterocycles. The number of aryl methyl sites for hydroxylation is 1. The lowest BCUT2D eigenvalue weighted by molar-refractivity contribution is 0.0701. The van der Waals surface area contributed by atoms with Crippen LogP contribution in [0.2, 0.25) is 0 Å². The van der Waals surface area contributed by atoms with E-state index in [1.165, 1.54) is 6.07 Å². The molecule has 1 N–H and O–H groups in total. The van der Waals surface area contributed by atoms with Gasteiger partial charge in [0.15, 0.2) is 0 Å². The van der Waals surface area contributed by atoms with Crippen molar-refractivity contribution < 1.29 is 18.3 Å². The summed E-state index contributed by atoms with van der Waals surface area (Å²) < 4.78 is 27.5. The molecular weight excluding hydrogens is 310 g/mol. The van der Waals surface area contributed by atoms with Crippen molar-refractivity contribution in [2.45, 2.75) is 49.3 Å². The van der Waals surface area contributed by atoms with Gasteiger partial charge in [-0.25, -0.2) is 13.2 Å². The summed E-state index contributed by atoms with van der Waals surface area (Å²) >= 11 is 0.873. The standard InChI is InChI=1S/C14H19NO4S2/c1-9-8-12(20-13(9)14(16)17)21(18,19)15-7-3-5-10-4-2-6-11(10)15/h8,10-11H,2-7H2,1H3,(H,16,17). The second-order valence-corrected chi connectivity index (χ2v) is 9.07. The number of carbonyl (C=O) groups is 1. The predicted molar refractivity (Wildman–Crippen MR) is 80.3 cm³/mol. The number of carboxylic acid groups (broad SMARTS) is 1. The number of aromatic carboxylic acids is 1. The maximum Gasteiger partial charge on any atom is 0.346 e. The molecule has 1 aromatic heterocycles. The van der Waals surface area contributed by atoms with Gasteiger partial charge in [0, 0.05) is 12.6 Å². The summed E-state index contributed by atoms with van der Waals surface area (Å²) in [4.78, 5) is 11.2. The third-order valence-electron chi connectivity index (χ3n) is 4.59. The number of rotatable bonds is 3. The van der Waals surface area contributed by atoms with Crippen molar-refractivity contribution in [3.8, 4) is 0 Å². The molecule has 0 amide bonds. The summed E-state index contributed by atoms with van der Waals surface area (Å²) in [5.74, 6) is -0.579. The van der Waals surface area contributed by atoms with Crippen molar-refractivity contribution in [1.82, 2.24) is 4.31 Å². The predicted octanol–water partition coefficient (Wildman–Crippen LogP) is 2.71. The summed E-state index contributed by atoms with van der Waals surface area (Å²) in [6, 6.07) is 1.61. The Hall–Kier alpha value is -0.920. The number of hydrogen-bond acceptors (Lipinski definition) is 4. The molecule has 2 unspecified atom stereocenters. The first kappa shape index (κ1) is 15.0. The zero-order chi connectivity index (χ0) is 15.2. The van der Waals surface area contributed by atoms with Crippen LogP contribution in [0.5, 0.6) is 0 Å². The molecule has 1 aliphatic carbocycles. The van der Waals surface area contributed by atoms with Crippen molar-refractivity contribution in [2.24, 2.45) is 5.92 Å².